The van der Waals surface area contributed by atoms with Gasteiger partial charge in [-0.1, -0.05) is 13.3 Å². The van der Waals surface area contributed by atoms with Crippen molar-refractivity contribution in [1.29, 1.82) is 0 Å². The second kappa shape index (κ2) is 10.9. The quantitative estimate of drug-likeness (QED) is 0.316. The first-order valence-electron chi connectivity index (χ1n) is 3.99. The normalized spacial score (nSPS) is 8.00. The van der Waals surface area contributed by atoms with Crippen LogP contribution in [-0.2, 0) is 19.2 Å². The van der Waals surface area contributed by atoms with Crippen molar-refractivity contribution in [2.24, 2.45) is 0 Å². The molecule has 0 fully saturated rings. The molecule has 0 rings (SSSR count). The van der Waals surface area contributed by atoms with Gasteiger partial charge in [0.05, 0.1) is 6.61 Å². The number of carbonyl (C=O) groups excluding carboxylic acids is 2. The number of unbranched alkanes of at least 4 members (excludes halogenated alkanes) is 1. The zero-order chi connectivity index (χ0) is 10.7. The third-order valence-electron chi connectivity index (χ3n) is 0.932. The van der Waals surface area contributed by atoms with Gasteiger partial charge in [0, 0.05) is 13.8 Å². The number of esters is 1. The van der Waals surface area contributed by atoms with Crippen LogP contribution >= 0.6 is 0 Å². The molecule has 0 aliphatic rings. The molecule has 0 aromatic rings. The fraction of sp³-hybridized carbons (Fsp3) is 0.750. The van der Waals surface area contributed by atoms with Gasteiger partial charge in [0.25, 0.3) is 0 Å². The van der Waals surface area contributed by atoms with E-state index >= 15 is 0 Å². The van der Waals surface area contributed by atoms with Crippen molar-refractivity contribution >= 4 is 11.9 Å². The molecule has 0 heterocycles. The van der Waals surface area contributed by atoms with Crippen LogP contribution in [0.1, 0.15) is 33.6 Å². The Morgan fingerprint density at radius 3 is 1.92 bits per heavy atom. The summed E-state index contributed by atoms with van der Waals surface area (Å²) in [6, 6.07) is 0. The third kappa shape index (κ3) is 24.8. The lowest BCUT2D eigenvalue weighted by Crippen LogP contribution is -1.99. The summed E-state index contributed by atoms with van der Waals surface area (Å²) in [4.78, 5) is 22.5. The number of hydrogen-bond acceptors (Lipinski definition) is 5. The SMILES string of the molecule is CC(=O)OO.CCCCOC(C)=O. The highest BCUT2D eigenvalue weighted by molar-refractivity contribution is 5.65. The molecule has 1 N–H and O–H groups in total. The number of ether oxygens (including phenoxy) is 1. The molecular weight excluding hydrogens is 176 g/mol. The highest BCUT2D eigenvalue weighted by atomic mass is 17.1. The van der Waals surface area contributed by atoms with E-state index in [0.717, 1.165) is 19.8 Å². The minimum Gasteiger partial charge on any atom is -0.466 e. The molecule has 0 spiro atoms. The monoisotopic (exact) mass is 192 g/mol. The molecule has 0 aliphatic heterocycles. The predicted octanol–water partition coefficient (Wildman–Crippen LogP) is 1.37. The van der Waals surface area contributed by atoms with Crippen molar-refractivity contribution in [3.8, 4) is 0 Å². The Labute approximate surface area is 77.6 Å². The average Bonchev–Trinajstić information content (AvgIpc) is 2.05. The van der Waals surface area contributed by atoms with Crippen LogP contribution in [0.3, 0.4) is 0 Å². The van der Waals surface area contributed by atoms with Gasteiger partial charge < -0.3 is 9.62 Å². The van der Waals surface area contributed by atoms with Crippen LogP contribution in [0.5, 0.6) is 0 Å². The van der Waals surface area contributed by atoms with Crippen molar-refractivity contribution in [2.45, 2.75) is 33.6 Å². The first kappa shape index (κ1) is 14.4. The van der Waals surface area contributed by atoms with Crippen LogP contribution in [0, 0.1) is 0 Å². The summed E-state index contributed by atoms with van der Waals surface area (Å²) in [5.74, 6) is -0.872. The summed E-state index contributed by atoms with van der Waals surface area (Å²) < 4.78 is 4.64. The lowest BCUT2D eigenvalue weighted by molar-refractivity contribution is -0.231. The van der Waals surface area contributed by atoms with Gasteiger partial charge in [-0.25, -0.2) is 4.79 Å². The molecule has 78 valence electrons. The molecule has 13 heavy (non-hydrogen) atoms. The maximum absolute atomic E-state index is 10.1. The average molecular weight is 192 g/mol. The van der Waals surface area contributed by atoms with E-state index in [4.69, 9.17) is 5.26 Å². The maximum atomic E-state index is 10.1. The second-order valence-corrected chi connectivity index (χ2v) is 2.28. The Balaban J connectivity index is 0. The first-order valence-corrected chi connectivity index (χ1v) is 3.99. The van der Waals surface area contributed by atoms with Gasteiger partial charge in [-0.05, 0) is 6.42 Å². The molecule has 0 aromatic heterocycles. The molecule has 5 nitrogen and oxygen atoms in total. The van der Waals surface area contributed by atoms with Gasteiger partial charge in [0.1, 0.15) is 0 Å². The van der Waals surface area contributed by atoms with Crippen molar-refractivity contribution < 1.29 is 24.5 Å². The van der Waals surface area contributed by atoms with Gasteiger partial charge >= 0.3 is 11.9 Å². The zero-order valence-electron chi connectivity index (χ0n) is 8.20. The topological polar surface area (TPSA) is 72.8 Å². The van der Waals surface area contributed by atoms with E-state index in [1.165, 1.54) is 6.92 Å². The summed E-state index contributed by atoms with van der Waals surface area (Å²) in [6.45, 7) is 5.17. The van der Waals surface area contributed by atoms with E-state index in [-0.39, 0.29) is 5.97 Å². The summed E-state index contributed by atoms with van der Waals surface area (Å²) in [5, 5.41) is 7.29. The first-order chi connectivity index (χ1) is 6.04. The summed E-state index contributed by atoms with van der Waals surface area (Å²) in [6.07, 6.45) is 2.05. The standard InChI is InChI=1S/C6H12O2.C2H4O3/c1-3-4-5-8-6(2)7;1-2(3)5-4/h3-5H2,1-2H3;4H,1H3. The van der Waals surface area contributed by atoms with Crippen LogP contribution in [-0.4, -0.2) is 23.8 Å². The van der Waals surface area contributed by atoms with E-state index in [2.05, 4.69) is 16.5 Å². The molecule has 0 saturated carbocycles. The van der Waals surface area contributed by atoms with Crippen molar-refractivity contribution in [3.05, 3.63) is 0 Å². The third-order valence-corrected chi connectivity index (χ3v) is 0.932. The Morgan fingerprint density at radius 2 is 1.69 bits per heavy atom. The number of rotatable bonds is 3. The Bertz CT molecular complexity index is 143. The van der Waals surface area contributed by atoms with Gasteiger partial charge in [-0.2, -0.15) is 5.26 Å². The van der Waals surface area contributed by atoms with Crippen LogP contribution in [0.4, 0.5) is 0 Å². The van der Waals surface area contributed by atoms with Crippen LogP contribution in [0.15, 0.2) is 0 Å². The maximum Gasteiger partial charge on any atom is 0.339 e. The predicted molar refractivity (Wildman–Crippen MR) is 45.9 cm³/mol. The lowest BCUT2D eigenvalue weighted by atomic mass is 10.4. The van der Waals surface area contributed by atoms with E-state index in [0.29, 0.717) is 6.61 Å². The molecule has 5 heteroatoms. The molecule has 0 radical (unpaired) electrons. The Kier molecular flexibility index (Phi) is 12.1. The van der Waals surface area contributed by atoms with Crippen LogP contribution < -0.4 is 0 Å². The largest absolute Gasteiger partial charge is 0.466 e. The molecule has 0 aromatic carbocycles. The Hall–Kier alpha value is -1.10. The summed E-state index contributed by atoms with van der Waals surface area (Å²) in [5.41, 5.74) is 0. The molecule has 0 unspecified atom stereocenters. The van der Waals surface area contributed by atoms with E-state index in [1.807, 2.05) is 0 Å². The van der Waals surface area contributed by atoms with Gasteiger partial charge in [0.2, 0.25) is 0 Å². The van der Waals surface area contributed by atoms with Crippen LogP contribution in [0.25, 0.3) is 0 Å². The lowest BCUT2D eigenvalue weighted by Gasteiger charge is -1.96. The molecular formula is C8H16O5. The zero-order valence-corrected chi connectivity index (χ0v) is 8.20. The van der Waals surface area contributed by atoms with Crippen molar-refractivity contribution in [3.63, 3.8) is 0 Å². The fourth-order valence-corrected chi connectivity index (χ4v) is 0.360. The van der Waals surface area contributed by atoms with Gasteiger partial charge in [-0.15, -0.1) is 0 Å². The summed E-state index contributed by atoms with van der Waals surface area (Å²) in [7, 11) is 0. The smallest absolute Gasteiger partial charge is 0.339 e. The minimum absolute atomic E-state index is 0.182. The van der Waals surface area contributed by atoms with Gasteiger partial charge in [0.15, 0.2) is 0 Å². The second-order valence-electron chi connectivity index (χ2n) is 2.28. The van der Waals surface area contributed by atoms with E-state index in [9.17, 15) is 9.59 Å². The number of carbonyl (C=O) groups is 2. The molecule has 0 atom stereocenters. The molecule has 0 saturated heterocycles. The highest BCUT2D eigenvalue weighted by Gasteiger charge is 1.88. The highest BCUT2D eigenvalue weighted by Crippen LogP contribution is 1.86. The molecule has 0 amide bonds. The van der Waals surface area contributed by atoms with Crippen LogP contribution in [0.2, 0.25) is 0 Å². The van der Waals surface area contributed by atoms with E-state index < -0.39 is 5.97 Å². The molecule has 0 bridgehead atoms. The van der Waals surface area contributed by atoms with Crippen molar-refractivity contribution in [2.75, 3.05) is 6.61 Å². The number of hydrogen-bond donors (Lipinski definition) is 1. The van der Waals surface area contributed by atoms with Crippen molar-refractivity contribution in [1.82, 2.24) is 0 Å². The molecule has 0 aliphatic carbocycles. The summed E-state index contributed by atoms with van der Waals surface area (Å²) >= 11 is 0. The minimum atomic E-state index is -0.690. The Morgan fingerprint density at radius 1 is 1.23 bits per heavy atom. The fourth-order valence-electron chi connectivity index (χ4n) is 0.360. The van der Waals surface area contributed by atoms with E-state index in [1.54, 1.807) is 0 Å². The van der Waals surface area contributed by atoms with Gasteiger partial charge in [-0.3, -0.25) is 4.79 Å².